The fourth-order valence-corrected chi connectivity index (χ4v) is 1.92. The third-order valence-electron chi connectivity index (χ3n) is 2.82. The lowest BCUT2D eigenvalue weighted by Gasteiger charge is -2.25. The molecular formula is C13H15ClN2O5. The predicted octanol–water partition coefficient (Wildman–Crippen LogP) is 2.62. The van der Waals surface area contributed by atoms with Gasteiger partial charge in [0.2, 0.25) is 0 Å². The van der Waals surface area contributed by atoms with Crippen LogP contribution in [0.15, 0.2) is 18.2 Å². The highest BCUT2D eigenvalue weighted by molar-refractivity contribution is 6.34. The van der Waals surface area contributed by atoms with Gasteiger partial charge in [0.25, 0.3) is 11.6 Å². The van der Waals surface area contributed by atoms with Crippen molar-refractivity contribution >= 4 is 29.2 Å². The zero-order valence-electron chi connectivity index (χ0n) is 11.6. The van der Waals surface area contributed by atoms with E-state index >= 15 is 0 Å². The number of nitro benzene ring substituents is 1. The molecule has 0 aliphatic heterocycles. The predicted molar refractivity (Wildman–Crippen MR) is 76.5 cm³/mol. The van der Waals surface area contributed by atoms with Crippen molar-refractivity contribution in [2.75, 3.05) is 0 Å². The van der Waals surface area contributed by atoms with E-state index in [1.807, 2.05) is 0 Å². The van der Waals surface area contributed by atoms with Gasteiger partial charge in [-0.2, -0.15) is 0 Å². The summed E-state index contributed by atoms with van der Waals surface area (Å²) in [5.74, 6) is -1.46. The minimum atomic E-state index is -0.953. The first-order valence-corrected chi connectivity index (χ1v) is 6.48. The van der Waals surface area contributed by atoms with Gasteiger partial charge in [-0.05, 0) is 26.3 Å². The molecular weight excluding hydrogens is 300 g/mol. The van der Waals surface area contributed by atoms with Crippen LogP contribution in [0.3, 0.4) is 0 Å². The van der Waals surface area contributed by atoms with E-state index in [1.54, 1.807) is 13.8 Å². The number of hydrogen-bond donors (Lipinski definition) is 2. The Hall–Kier alpha value is -2.15. The Morgan fingerprint density at radius 2 is 2.05 bits per heavy atom. The van der Waals surface area contributed by atoms with Crippen LogP contribution in [0.4, 0.5) is 5.69 Å². The van der Waals surface area contributed by atoms with Crippen molar-refractivity contribution in [1.82, 2.24) is 5.32 Å². The molecule has 0 heterocycles. The van der Waals surface area contributed by atoms with Gasteiger partial charge in [0.1, 0.15) is 0 Å². The number of nitrogens with zero attached hydrogens (tertiary/aromatic N) is 1. The molecule has 1 rings (SSSR count). The monoisotopic (exact) mass is 314 g/mol. The zero-order chi connectivity index (χ0) is 16.2. The molecule has 0 fully saturated rings. The number of halogens is 1. The highest BCUT2D eigenvalue weighted by atomic mass is 35.5. The van der Waals surface area contributed by atoms with Gasteiger partial charge in [-0.3, -0.25) is 19.7 Å². The van der Waals surface area contributed by atoms with Gasteiger partial charge in [-0.25, -0.2) is 0 Å². The van der Waals surface area contributed by atoms with Crippen LogP contribution in [0.25, 0.3) is 0 Å². The number of nitro groups is 1. The summed E-state index contributed by atoms with van der Waals surface area (Å²) in [6, 6.07) is 3.55. The Balaban J connectivity index is 2.84. The highest BCUT2D eigenvalue weighted by Crippen LogP contribution is 2.23. The maximum absolute atomic E-state index is 12.1. The van der Waals surface area contributed by atoms with Crippen LogP contribution >= 0.6 is 11.6 Å². The summed E-state index contributed by atoms with van der Waals surface area (Å²) >= 11 is 5.87. The fourth-order valence-electron chi connectivity index (χ4n) is 1.66. The number of aliphatic carboxylic acids is 1. The molecule has 0 saturated heterocycles. The summed E-state index contributed by atoms with van der Waals surface area (Å²) in [7, 11) is 0. The molecule has 8 heteroatoms. The molecule has 114 valence electrons. The Morgan fingerprint density at radius 1 is 1.43 bits per heavy atom. The minimum absolute atomic E-state index is 0.0317. The number of carboxylic acids is 1. The number of carboxylic acid groups (broad SMARTS) is 1. The lowest BCUT2D eigenvalue weighted by molar-refractivity contribution is -0.384. The minimum Gasteiger partial charge on any atom is -0.481 e. The molecule has 21 heavy (non-hydrogen) atoms. The summed E-state index contributed by atoms with van der Waals surface area (Å²) in [6.45, 7) is 3.38. The van der Waals surface area contributed by atoms with Crippen LogP contribution in [-0.4, -0.2) is 27.4 Å². The summed E-state index contributed by atoms with van der Waals surface area (Å²) < 4.78 is 0. The number of benzene rings is 1. The van der Waals surface area contributed by atoms with E-state index in [-0.39, 0.29) is 29.1 Å². The maximum Gasteiger partial charge on any atom is 0.303 e. The number of rotatable bonds is 6. The third-order valence-corrected chi connectivity index (χ3v) is 3.14. The lowest BCUT2D eigenvalue weighted by Crippen LogP contribution is -2.43. The van der Waals surface area contributed by atoms with Crippen molar-refractivity contribution < 1.29 is 19.6 Å². The van der Waals surface area contributed by atoms with E-state index in [1.165, 1.54) is 12.1 Å². The van der Waals surface area contributed by atoms with Crippen LogP contribution < -0.4 is 5.32 Å². The standard InChI is InChI=1S/C13H15ClN2O5/c1-13(2,6-5-11(17)18)15-12(19)9-4-3-8(16(20)21)7-10(9)14/h3-4,7H,5-6H2,1-2H3,(H,15,19)(H,17,18). The molecule has 7 nitrogen and oxygen atoms in total. The summed E-state index contributed by atoms with van der Waals surface area (Å²) in [5, 5.41) is 21.9. The van der Waals surface area contributed by atoms with Gasteiger partial charge in [-0.15, -0.1) is 0 Å². The van der Waals surface area contributed by atoms with Gasteiger partial charge in [-0.1, -0.05) is 11.6 Å². The average Bonchev–Trinajstić information content (AvgIpc) is 2.35. The van der Waals surface area contributed by atoms with E-state index in [0.717, 1.165) is 6.07 Å². The van der Waals surface area contributed by atoms with E-state index in [9.17, 15) is 19.7 Å². The second-order valence-electron chi connectivity index (χ2n) is 5.15. The Labute approximate surface area is 126 Å². The molecule has 1 aromatic carbocycles. The molecule has 0 radical (unpaired) electrons. The SMILES string of the molecule is CC(C)(CCC(=O)O)NC(=O)c1ccc([N+](=O)[O-])cc1Cl. The second-order valence-corrected chi connectivity index (χ2v) is 5.56. The summed E-state index contributed by atoms with van der Waals surface area (Å²) in [6.07, 6.45) is 0.167. The summed E-state index contributed by atoms with van der Waals surface area (Å²) in [5.41, 5.74) is -0.840. The quantitative estimate of drug-likeness (QED) is 0.619. The second kappa shape index (κ2) is 6.53. The summed E-state index contributed by atoms with van der Waals surface area (Å²) in [4.78, 5) is 32.6. The van der Waals surface area contributed by atoms with Crippen molar-refractivity contribution in [3.05, 3.63) is 38.9 Å². The van der Waals surface area contributed by atoms with Gasteiger partial charge >= 0.3 is 5.97 Å². The molecule has 0 aliphatic carbocycles. The third kappa shape index (κ3) is 5.03. The van der Waals surface area contributed by atoms with Crippen molar-refractivity contribution in [3.8, 4) is 0 Å². The van der Waals surface area contributed by atoms with Gasteiger partial charge in [0, 0.05) is 24.1 Å². The number of hydrogen-bond acceptors (Lipinski definition) is 4. The molecule has 0 aromatic heterocycles. The highest BCUT2D eigenvalue weighted by Gasteiger charge is 2.24. The van der Waals surface area contributed by atoms with Crippen molar-refractivity contribution in [1.29, 1.82) is 0 Å². The normalized spacial score (nSPS) is 11.0. The first kappa shape index (κ1) is 16.9. The van der Waals surface area contributed by atoms with Gasteiger partial charge in [0.05, 0.1) is 15.5 Å². The van der Waals surface area contributed by atoms with E-state index in [2.05, 4.69) is 5.32 Å². The number of nitrogens with one attached hydrogen (secondary N) is 1. The number of amides is 1. The van der Waals surface area contributed by atoms with E-state index in [0.29, 0.717) is 0 Å². The van der Waals surface area contributed by atoms with Crippen LogP contribution in [0.5, 0.6) is 0 Å². The molecule has 1 aromatic rings. The van der Waals surface area contributed by atoms with Gasteiger partial charge < -0.3 is 10.4 Å². The Morgan fingerprint density at radius 3 is 2.52 bits per heavy atom. The van der Waals surface area contributed by atoms with Crippen LogP contribution in [0.2, 0.25) is 5.02 Å². The molecule has 2 N–H and O–H groups in total. The molecule has 0 saturated carbocycles. The maximum atomic E-state index is 12.1. The van der Waals surface area contributed by atoms with Crippen LogP contribution in [-0.2, 0) is 4.79 Å². The average molecular weight is 315 g/mol. The van der Waals surface area contributed by atoms with Crippen LogP contribution in [0.1, 0.15) is 37.0 Å². The Bertz CT molecular complexity index is 586. The number of carbonyl (C=O) groups is 2. The molecule has 0 bridgehead atoms. The molecule has 0 unspecified atom stereocenters. The molecule has 1 amide bonds. The molecule has 0 atom stereocenters. The topological polar surface area (TPSA) is 110 Å². The van der Waals surface area contributed by atoms with E-state index < -0.39 is 22.3 Å². The smallest absolute Gasteiger partial charge is 0.303 e. The van der Waals surface area contributed by atoms with Gasteiger partial charge in [0.15, 0.2) is 0 Å². The van der Waals surface area contributed by atoms with Crippen molar-refractivity contribution in [2.45, 2.75) is 32.2 Å². The first-order chi connectivity index (χ1) is 9.62. The lowest BCUT2D eigenvalue weighted by atomic mass is 9.97. The van der Waals surface area contributed by atoms with Crippen molar-refractivity contribution in [2.24, 2.45) is 0 Å². The van der Waals surface area contributed by atoms with E-state index in [4.69, 9.17) is 16.7 Å². The molecule has 0 aliphatic rings. The Kier molecular flexibility index (Phi) is 5.26. The largest absolute Gasteiger partial charge is 0.481 e. The zero-order valence-corrected chi connectivity index (χ0v) is 12.3. The number of non-ortho nitro benzene ring substituents is 1. The first-order valence-electron chi connectivity index (χ1n) is 6.10. The van der Waals surface area contributed by atoms with Crippen LogP contribution in [0, 0.1) is 10.1 Å². The fraction of sp³-hybridized carbons (Fsp3) is 0.385. The van der Waals surface area contributed by atoms with Crippen molar-refractivity contribution in [3.63, 3.8) is 0 Å². The molecule has 0 spiro atoms. The number of carbonyl (C=O) groups excluding carboxylic acids is 1.